The van der Waals surface area contributed by atoms with Crippen molar-refractivity contribution < 1.29 is 0 Å². The molecule has 0 spiro atoms. The fourth-order valence-electron chi connectivity index (χ4n) is 4.18. The standard InChI is InChI=1S/C27H35ClN4/c1-20-16-21(2)25(31-17-20)18-32(15-6-5-13-29)19-26-24(8-7-14-30-26)27(3,4)22-9-11-23(28)12-10-22/h7-12,14,16-17H,5-6,13,15,18-19,29H2,1-4H3. The average Bonchev–Trinajstić information content (AvgIpc) is 2.76. The van der Waals surface area contributed by atoms with E-state index in [4.69, 9.17) is 27.3 Å². The first-order chi connectivity index (χ1) is 15.3. The quantitative estimate of drug-likeness (QED) is 0.396. The minimum Gasteiger partial charge on any atom is -0.330 e. The molecule has 0 bridgehead atoms. The molecule has 0 atom stereocenters. The van der Waals surface area contributed by atoms with Crippen molar-refractivity contribution >= 4 is 11.6 Å². The van der Waals surface area contributed by atoms with Gasteiger partial charge in [-0.1, -0.05) is 49.7 Å². The predicted molar refractivity (Wildman–Crippen MR) is 134 cm³/mol. The Morgan fingerprint density at radius 2 is 1.69 bits per heavy atom. The Hall–Kier alpha value is -2.27. The van der Waals surface area contributed by atoms with Crippen LogP contribution in [0.1, 0.15) is 60.3 Å². The van der Waals surface area contributed by atoms with Gasteiger partial charge in [0.05, 0.1) is 11.4 Å². The van der Waals surface area contributed by atoms with Crippen LogP contribution in [0.5, 0.6) is 0 Å². The lowest BCUT2D eigenvalue weighted by molar-refractivity contribution is 0.243. The molecule has 0 radical (unpaired) electrons. The van der Waals surface area contributed by atoms with Gasteiger partial charge in [-0.05, 0) is 80.2 Å². The number of hydrogen-bond donors (Lipinski definition) is 1. The number of nitrogens with zero attached hydrogens (tertiary/aromatic N) is 3. The van der Waals surface area contributed by atoms with Crippen molar-refractivity contribution in [3.05, 3.63) is 93.5 Å². The zero-order valence-electron chi connectivity index (χ0n) is 19.7. The van der Waals surface area contributed by atoms with E-state index in [-0.39, 0.29) is 5.41 Å². The van der Waals surface area contributed by atoms with Crippen LogP contribution in [0, 0.1) is 13.8 Å². The molecule has 3 aromatic rings. The third-order valence-corrected chi connectivity index (χ3v) is 6.38. The molecule has 0 aliphatic carbocycles. The van der Waals surface area contributed by atoms with Crippen molar-refractivity contribution in [1.29, 1.82) is 0 Å². The molecule has 170 valence electrons. The first-order valence-electron chi connectivity index (χ1n) is 11.4. The van der Waals surface area contributed by atoms with E-state index in [9.17, 15) is 0 Å². The highest BCUT2D eigenvalue weighted by atomic mass is 35.5. The van der Waals surface area contributed by atoms with Gasteiger partial charge in [-0.15, -0.1) is 0 Å². The van der Waals surface area contributed by atoms with Crippen LogP contribution >= 0.6 is 11.6 Å². The molecule has 2 aromatic heterocycles. The smallest absolute Gasteiger partial charge is 0.0584 e. The summed E-state index contributed by atoms with van der Waals surface area (Å²) in [5, 5.41) is 0.753. The van der Waals surface area contributed by atoms with Crippen molar-refractivity contribution in [1.82, 2.24) is 14.9 Å². The number of aryl methyl sites for hydroxylation is 2. The second-order valence-corrected chi connectivity index (χ2v) is 9.55. The molecule has 0 aliphatic heterocycles. The van der Waals surface area contributed by atoms with Gasteiger partial charge in [0.2, 0.25) is 0 Å². The molecule has 2 N–H and O–H groups in total. The number of pyridine rings is 2. The fourth-order valence-corrected chi connectivity index (χ4v) is 4.31. The van der Waals surface area contributed by atoms with Crippen LogP contribution in [-0.2, 0) is 18.5 Å². The second-order valence-electron chi connectivity index (χ2n) is 9.11. The highest BCUT2D eigenvalue weighted by Crippen LogP contribution is 2.34. The van der Waals surface area contributed by atoms with E-state index >= 15 is 0 Å². The van der Waals surface area contributed by atoms with Crippen LogP contribution in [0.15, 0.2) is 54.9 Å². The molecule has 5 heteroatoms. The number of unbranched alkanes of at least 4 members (excludes halogenated alkanes) is 1. The molecule has 0 saturated carbocycles. The summed E-state index contributed by atoms with van der Waals surface area (Å²) in [4.78, 5) is 12.0. The van der Waals surface area contributed by atoms with Gasteiger partial charge in [-0.3, -0.25) is 14.9 Å². The molecular formula is C27H35ClN4. The van der Waals surface area contributed by atoms with Gasteiger partial charge in [-0.25, -0.2) is 0 Å². The Morgan fingerprint density at radius 3 is 2.38 bits per heavy atom. The van der Waals surface area contributed by atoms with E-state index in [0.717, 1.165) is 48.9 Å². The van der Waals surface area contributed by atoms with E-state index in [1.54, 1.807) is 0 Å². The zero-order chi connectivity index (χ0) is 23.1. The molecule has 0 amide bonds. The Kier molecular flexibility index (Phi) is 8.41. The molecule has 3 rings (SSSR count). The molecule has 0 fully saturated rings. The number of benzene rings is 1. The minimum absolute atomic E-state index is 0.185. The van der Waals surface area contributed by atoms with Crippen LogP contribution in [0.4, 0.5) is 0 Å². The number of aromatic nitrogens is 2. The van der Waals surface area contributed by atoms with Gasteiger partial charge < -0.3 is 5.73 Å². The fraction of sp³-hybridized carbons (Fsp3) is 0.407. The molecule has 4 nitrogen and oxygen atoms in total. The van der Waals surface area contributed by atoms with Gasteiger partial charge in [-0.2, -0.15) is 0 Å². The van der Waals surface area contributed by atoms with Gasteiger partial charge in [0.15, 0.2) is 0 Å². The topological polar surface area (TPSA) is 55.0 Å². The van der Waals surface area contributed by atoms with Crippen LogP contribution in [0.2, 0.25) is 5.02 Å². The highest BCUT2D eigenvalue weighted by molar-refractivity contribution is 6.30. The summed E-state index contributed by atoms with van der Waals surface area (Å²) in [6.07, 6.45) is 5.92. The van der Waals surface area contributed by atoms with E-state index in [1.165, 1.54) is 22.3 Å². The van der Waals surface area contributed by atoms with E-state index < -0.39 is 0 Å². The van der Waals surface area contributed by atoms with Crippen molar-refractivity contribution in [2.45, 2.75) is 59.0 Å². The third kappa shape index (κ3) is 6.16. The molecule has 2 heterocycles. The Balaban J connectivity index is 1.89. The SMILES string of the molecule is Cc1cnc(CN(CCCCN)Cc2ncccc2C(C)(C)c2ccc(Cl)cc2)c(C)c1. The van der Waals surface area contributed by atoms with E-state index in [0.29, 0.717) is 6.54 Å². The maximum Gasteiger partial charge on any atom is 0.0584 e. The summed E-state index contributed by atoms with van der Waals surface area (Å²) in [5.74, 6) is 0. The number of nitrogens with two attached hydrogens (primary N) is 1. The lowest BCUT2D eigenvalue weighted by Gasteiger charge is -2.30. The summed E-state index contributed by atoms with van der Waals surface area (Å²) in [6.45, 7) is 12.0. The van der Waals surface area contributed by atoms with Crippen molar-refractivity contribution in [2.24, 2.45) is 5.73 Å². The summed E-state index contributed by atoms with van der Waals surface area (Å²) in [5.41, 5.74) is 12.7. The number of rotatable bonds is 10. The van der Waals surface area contributed by atoms with Crippen LogP contribution < -0.4 is 5.73 Å². The van der Waals surface area contributed by atoms with Crippen molar-refractivity contribution in [2.75, 3.05) is 13.1 Å². The van der Waals surface area contributed by atoms with Crippen molar-refractivity contribution in [3.8, 4) is 0 Å². The largest absolute Gasteiger partial charge is 0.330 e. The summed E-state index contributed by atoms with van der Waals surface area (Å²) in [7, 11) is 0. The molecule has 1 aromatic carbocycles. The molecule has 0 aliphatic rings. The molecule has 0 saturated heterocycles. The van der Waals surface area contributed by atoms with Crippen LogP contribution in [-0.4, -0.2) is 28.0 Å². The van der Waals surface area contributed by atoms with Crippen LogP contribution in [0.25, 0.3) is 0 Å². The summed E-state index contributed by atoms with van der Waals surface area (Å²) >= 11 is 6.13. The van der Waals surface area contributed by atoms with Crippen molar-refractivity contribution in [3.63, 3.8) is 0 Å². The van der Waals surface area contributed by atoms with Gasteiger partial charge in [0, 0.05) is 35.9 Å². The summed E-state index contributed by atoms with van der Waals surface area (Å²) < 4.78 is 0. The molecule has 32 heavy (non-hydrogen) atoms. The monoisotopic (exact) mass is 450 g/mol. The highest BCUT2D eigenvalue weighted by Gasteiger charge is 2.27. The second kappa shape index (κ2) is 11.0. The third-order valence-electron chi connectivity index (χ3n) is 6.13. The van der Waals surface area contributed by atoms with Gasteiger partial charge >= 0.3 is 0 Å². The van der Waals surface area contributed by atoms with E-state index in [2.05, 4.69) is 56.9 Å². The molecular weight excluding hydrogens is 416 g/mol. The average molecular weight is 451 g/mol. The van der Waals surface area contributed by atoms with Crippen LogP contribution in [0.3, 0.4) is 0 Å². The van der Waals surface area contributed by atoms with Gasteiger partial charge in [0.25, 0.3) is 0 Å². The maximum absolute atomic E-state index is 6.13. The zero-order valence-corrected chi connectivity index (χ0v) is 20.5. The van der Waals surface area contributed by atoms with Gasteiger partial charge in [0.1, 0.15) is 0 Å². The lowest BCUT2D eigenvalue weighted by atomic mass is 9.77. The lowest BCUT2D eigenvalue weighted by Crippen LogP contribution is -2.29. The summed E-state index contributed by atoms with van der Waals surface area (Å²) in [6, 6.07) is 14.6. The first kappa shape index (κ1) is 24.4. The minimum atomic E-state index is -0.185. The Morgan fingerprint density at radius 1 is 0.969 bits per heavy atom. The maximum atomic E-state index is 6.13. The van der Waals surface area contributed by atoms with E-state index in [1.807, 2.05) is 30.6 Å². The molecule has 0 unspecified atom stereocenters. The predicted octanol–water partition coefficient (Wildman–Crippen LogP) is 5.81. The number of hydrogen-bond acceptors (Lipinski definition) is 4. The normalized spacial score (nSPS) is 11.8. The Bertz CT molecular complexity index is 1010. The number of halogens is 1. The first-order valence-corrected chi connectivity index (χ1v) is 11.7. The Labute approximate surface area is 197 Å².